The quantitative estimate of drug-likeness (QED) is 0.431. The summed E-state index contributed by atoms with van der Waals surface area (Å²) in [7, 11) is 0. The van der Waals surface area contributed by atoms with Gasteiger partial charge in [-0.3, -0.25) is 5.32 Å². The molecular weight excluding hydrogens is 543 g/mol. The maximum atomic E-state index is 14.5. The number of carbonyl (C=O) groups is 3. The molecule has 7 aliphatic rings. The molecule has 2 heterocycles. The number of ether oxygens (including phenoxy) is 1. The Kier molecular flexibility index (Phi) is 4.66. The van der Waals surface area contributed by atoms with Crippen molar-refractivity contribution >= 4 is 24.0 Å². The van der Waals surface area contributed by atoms with Crippen LogP contribution in [-0.4, -0.2) is 61.2 Å². The van der Waals surface area contributed by atoms with Gasteiger partial charge >= 0.3 is 18.2 Å². The molecule has 0 saturated heterocycles. The first-order valence-corrected chi connectivity index (χ1v) is 14.7. The van der Waals surface area contributed by atoms with Crippen molar-refractivity contribution in [2.24, 2.45) is 35.5 Å². The molecule has 0 unspecified atom stereocenters. The van der Waals surface area contributed by atoms with E-state index < -0.39 is 17.7 Å². The number of urea groups is 1. The number of fused-ring (bicyclic) bond motifs is 1. The van der Waals surface area contributed by atoms with Gasteiger partial charge in [-0.25, -0.2) is 23.5 Å². The summed E-state index contributed by atoms with van der Waals surface area (Å²) in [4.78, 5) is 39.5. The third-order valence-corrected chi connectivity index (χ3v) is 11.3. The van der Waals surface area contributed by atoms with Crippen LogP contribution >= 0.6 is 0 Å². The van der Waals surface area contributed by atoms with Crippen molar-refractivity contribution in [1.29, 1.82) is 0 Å². The fourth-order valence-electron chi connectivity index (χ4n) is 10.1. The topological polar surface area (TPSA) is 138 Å². The molecule has 0 bridgehead atoms. The Morgan fingerprint density at radius 2 is 1.57 bits per heavy atom. The zero-order valence-electron chi connectivity index (χ0n) is 24.4. The first-order chi connectivity index (χ1) is 19.7. The lowest BCUT2D eigenvalue weighted by Gasteiger charge is -3.10. The number of anilines is 1. The summed E-state index contributed by atoms with van der Waals surface area (Å²) in [5, 5.41) is 24.1. The summed E-state index contributed by atoms with van der Waals surface area (Å²) in [5.74, 6) is 2.26. The van der Waals surface area contributed by atoms with E-state index in [-0.39, 0.29) is 29.0 Å². The van der Waals surface area contributed by atoms with Crippen LogP contribution in [0.15, 0.2) is 12.1 Å². The van der Waals surface area contributed by atoms with Gasteiger partial charge in [0.1, 0.15) is 17.2 Å². The number of benzene rings is 1. The number of nitrogens with zero attached hydrogens (tertiary/aromatic N) is 3. The summed E-state index contributed by atoms with van der Waals surface area (Å²) in [6.45, 7) is 11.0. The van der Waals surface area contributed by atoms with Gasteiger partial charge in [0.15, 0.2) is 0 Å². The van der Waals surface area contributed by atoms with Crippen molar-refractivity contribution in [3.8, 4) is 5.69 Å². The average Bonchev–Trinajstić information content (AvgIpc) is 3.26. The second-order valence-electron chi connectivity index (χ2n) is 14.1. The second-order valence-corrected chi connectivity index (χ2v) is 14.1. The molecule has 12 heteroatoms. The molecule has 2 aromatic rings. The molecule has 4 amide bonds. The van der Waals surface area contributed by atoms with E-state index in [1.54, 1.807) is 37.6 Å². The number of halogens is 1. The van der Waals surface area contributed by atoms with Crippen LogP contribution in [0.25, 0.3) is 5.69 Å². The standard InChI is InChI=1S/C30H35FN6O5/c1-11-9-14(10-12(2)23(11)31)37-24(16-13(3)36(27(40)41)8-7-15(16)35-37)32-25(38)33-29-17-20-18(29)22-19(29)21(17)30(20,22)34-26(39)42-28(4,5)6/h9-10,13,17-22H,7-8H2,1-6H3,(H,34,39)(H,40,41)(H2,32,33,38)/t13-,17?,18?,19?,20?,21?,22?,29?,30?/m0/s1. The number of rotatable bonds is 4. The third-order valence-electron chi connectivity index (χ3n) is 11.3. The van der Waals surface area contributed by atoms with E-state index in [9.17, 15) is 23.9 Å². The first-order valence-electron chi connectivity index (χ1n) is 14.7. The molecule has 11 nitrogen and oxygen atoms in total. The number of carboxylic acid groups (broad SMARTS) is 1. The van der Waals surface area contributed by atoms with Crippen molar-refractivity contribution in [1.82, 2.24) is 25.3 Å². The normalized spacial score (nSPS) is 37.0. The molecule has 1 aromatic heterocycles. The van der Waals surface area contributed by atoms with Crippen LogP contribution in [0.2, 0.25) is 0 Å². The van der Waals surface area contributed by atoms with Gasteiger partial charge in [0.2, 0.25) is 0 Å². The van der Waals surface area contributed by atoms with E-state index in [0.717, 1.165) is 0 Å². The monoisotopic (exact) mass is 578 g/mol. The predicted molar refractivity (Wildman–Crippen MR) is 148 cm³/mol. The zero-order chi connectivity index (χ0) is 29.8. The number of alkyl carbamates (subject to hydrolysis) is 1. The fourth-order valence-corrected chi connectivity index (χ4v) is 10.1. The van der Waals surface area contributed by atoms with Gasteiger partial charge < -0.3 is 25.4 Å². The third kappa shape index (κ3) is 2.72. The maximum absolute atomic E-state index is 14.5. The smallest absolute Gasteiger partial charge is 0.408 e. The molecule has 42 heavy (non-hydrogen) atoms. The largest absolute Gasteiger partial charge is 0.465 e. The van der Waals surface area contributed by atoms with Gasteiger partial charge in [0.05, 0.1) is 28.5 Å². The molecule has 1 aliphatic heterocycles. The number of hydrogen-bond donors (Lipinski definition) is 4. The van der Waals surface area contributed by atoms with Crippen LogP contribution < -0.4 is 16.0 Å². The summed E-state index contributed by atoms with van der Waals surface area (Å²) in [5.41, 5.74) is 1.90. The van der Waals surface area contributed by atoms with E-state index >= 15 is 0 Å². The molecule has 9 rings (SSSR count). The minimum Gasteiger partial charge on any atom is -0.465 e. The van der Waals surface area contributed by atoms with E-state index in [1.165, 1.54) is 4.90 Å². The lowest BCUT2D eigenvalue weighted by molar-refractivity contribution is -0.589. The molecule has 4 N–H and O–H groups in total. The first kappa shape index (κ1) is 25.8. The number of amides is 4. The average molecular weight is 579 g/mol. The number of carbonyl (C=O) groups excluding carboxylic acids is 2. The Morgan fingerprint density at radius 3 is 2.10 bits per heavy atom. The Balaban J connectivity index is 1.04. The van der Waals surface area contributed by atoms with Crippen molar-refractivity contribution in [2.45, 2.75) is 70.7 Å². The summed E-state index contributed by atoms with van der Waals surface area (Å²) < 4.78 is 21.6. The lowest BCUT2D eigenvalue weighted by atomic mass is 8.96. The van der Waals surface area contributed by atoms with Crippen molar-refractivity contribution in [2.75, 3.05) is 11.9 Å². The molecule has 1 atom stereocenters. The molecule has 222 valence electrons. The highest BCUT2D eigenvalue weighted by molar-refractivity contribution is 5.92. The highest BCUT2D eigenvalue weighted by Gasteiger charge is 3.11. The number of hydrogen-bond acceptors (Lipinski definition) is 5. The Morgan fingerprint density at radius 1 is 1.02 bits per heavy atom. The summed E-state index contributed by atoms with van der Waals surface area (Å²) in [6.07, 6.45) is -0.999. The molecule has 0 radical (unpaired) electrons. The number of aromatic nitrogens is 2. The van der Waals surface area contributed by atoms with Gasteiger partial charge in [-0.05, 0) is 100 Å². The molecule has 6 fully saturated rings. The van der Waals surface area contributed by atoms with Gasteiger partial charge in [-0.2, -0.15) is 5.10 Å². The number of aryl methyl sites for hydroxylation is 2. The van der Waals surface area contributed by atoms with Crippen LogP contribution in [0.1, 0.15) is 56.1 Å². The van der Waals surface area contributed by atoms with E-state index in [4.69, 9.17) is 9.84 Å². The predicted octanol–water partition coefficient (Wildman–Crippen LogP) is 4.11. The fraction of sp³-hybridized carbons (Fsp3) is 0.600. The van der Waals surface area contributed by atoms with Gasteiger partial charge in [-0.1, -0.05) is 0 Å². The van der Waals surface area contributed by atoms with Gasteiger partial charge in [0.25, 0.3) is 0 Å². The minimum absolute atomic E-state index is 0.159. The zero-order valence-corrected chi connectivity index (χ0v) is 24.4. The van der Waals surface area contributed by atoms with E-state index in [0.29, 0.717) is 82.4 Å². The van der Waals surface area contributed by atoms with Crippen LogP contribution in [0.5, 0.6) is 0 Å². The molecule has 1 aromatic carbocycles. The van der Waals surface area contributed by atoms with Crippen LogP contribution in [0.3, 0.4) is 0 Å². The van der Waals surface area contributed by atoms with E-state index in [1.807, 2.05) is 20.8 Å². The van der Waals surface area contributed by atoms with Gasteiger partial charge in [0, 0.05) is 18.5 Å². The van der Waals surface area contributed by atoms with Crippen molar-refractivity contribution in [3.05, 3.63) is 40.3 Å². The second kappa shape index (κ2) is 7.57. The highest BCUT2D eigenvalue weighted by Crippen LogP contribution is 3.03. The summed E-state index contributed by atoms with van der Waals surface area (Å²) in [6, 6.07) is 2.47. The Bertz CT molecular complexity index is 1550. The highest BCUT2D eigenvalue weighted by atomic mass is 19.1. The Labute approximate surface area is 242 Å². The minimum atomic E-state index is -1.04. The Hall–Kier alpha value is -3.83. The maximum Gasteiger partial charge on any atom is 0.408 e. The SMILES string of the molecule is Cc1cc(-n2nc3c(c2NC(=O)NC24C5C6C2C2C4C5C62NC(=O)OC(C)(C)C)[C@H](C)N(C(=O)O)CC3)cc(C)c1F. The molecule has 6 saturated carbocycles. The van der Waals surface area contributed by atoms with Crippen molar-refractivity contribution < 1.29 is 28.6 Å². The summed E-state index contributed by atoms with van der Waals surface area (Å²) >= 11 is 0. The van der Waals surface area contributed by atoms with Crippen LogP contribution in [-0.2, 0) is 11.2 Å². The molecule has 0 spiro atoms. The molecular formula is C30H35FN6O5. The lowest BCUT2D eigenvalue weighted by Crippen LogP contribution is -3.19. The van der Waals surface area contributed by atoms with Gasteiger partial charge in [-0.15, -0.1) is 0 Å². The van der Waals surface area contributed by atoms with Crippen LogP contribution in [0, 0.1) is 55.2 Å². The van der Waals surface area contributed by atoms with Crippen molar-refractivity contribution in [3.63, 3.8) is 0 Å². The molecule has 6 aliphatic carbocycles. The number of nitrogens with one attached hydrogen (secondary N) is 3. The van der Waals surface area contributed by atoms with E-state index in [2.05, 4.69) is 16.0 Å². The van der Waals surface area contributed by atoms with Crippen LogP contribution in [0.4, 0.5) is 24.6 Å².